The van der Waals surface area contributed by atoms with Gasteiger partial charge in [-0.2, -0.15) is 5.26 Å². The Kier molecular flexibility index (Phi) is 7.11. The number of anilines is 3. The van der Waals surface area contributed by atoms with Gasteiger partial charge in [0, 0.05) is 23.8 Å². The van der Waals surface area contributed by atoms with Crippen LogP contribution in [0.2, 0.25) is 10.0 Å². The van der Waals surface area contributed by atoms with Gasteiger partial charge in [-0.3, -0.25) is 14.9 Å². The normalized spacial score (nSPS) is 10.9. The smallest absolute Gasteiger partial charge is 0.293 e. The van der Waals surface area contributed by atoms with Gasteiger partial charge >= 0.3 is 0 Å². The lowest BCUT2D eigenvalue weighted by Crippen LogP contribution is -2.14. The van der Waals surface area contributed by atoms with Crippen molar-refractivity contribution in [1.29, 1.82) is 5.26 Å². The van der Waals surface area contributed by atoms with Crippen LogP contribution < -0.4 is 10.2 Å². The standard InChI is InChI=1S/C23H16Cl2N4O3/c1-28(18-5-3-2-4-6-18)21-10-7-15(12-22(21)29(31)32)11-16(14-26)23(30)27-20-13-17(24)8-9-19(20)25/h2-13H,1H3,(H,27,30)/b16-11+. The van der Waals surface area contributed by atoms with E-state index >= 15 is 0 Å². The van der Waals surface area contributed by atoms with E-state index in [2.05, 4.69) is 5.32 Å². The second kappa shape index (κ2) is 9.96. The monoisotopic (exact) mass is 466 g/mol. The van der Waals surface area contributed by atoms with Crippen LogP contribution in [-0.4, -0.2) is 17.9 Å². The molecule has 0 bridgehead atoms. The van der Waals surface area contributed by atoms with Crippen LogP contribution in [0.5, 0.6) is 0 Å². The topological polar surface area (TPSA) is 99.3 Å². The van der Waals surface area contributed by atoms with Crippen LogP contribution >= 0.6 is 23.2 Å². The highest BCUT2D eigenvalue weighted by Gasteiger charge is 2.19. The fourth-order valence-corrected chi connectivity index (χ4v) is 3.29. The number of para-hydroxylation sites is 1. The summed E-state index contributed by atoms with van der Waals surface area (Å²) in [6.45, 7) is 0. The first-order valence-electron chi connectivity index (χ1n) is 9.25. The number of benzene rings is 3. The van der Waals surface area contributed by atoms with Crippen molar-refractivity contribution in [3.05, 3.63) is 98.0 Å². The number of nitrogens with one attached hydrogen (secondary N) is 1. The largest absolute Gasteiger partial charge is 0.339 e. The molecule has 3 rings (SSSR count). The average molecular weight is 467 g/mol. The zero-order valence-corrected chi connectivity index (χ0v) is 18.3. The second-order valence-electron chi connectivity index (χ2n) is 6.65. The van der Waals surface area contributed by atoms with Gasteiger partial charge in [-0.15, -0.1) is 0 Å². The van der Waals surface area contributed by atoms with E-state index in [4.69, 9.17) is 23.2 Å². The molecule has 0 heterocycles. The maximum absolute atomic E-state index is 12.5. The minimum Gasteiger partial charge on any atom is -0.339 e. The zero-order chi connectivity index (χ0) is 23.3. The van der Waals surface area contributed by atoms with Gasteiger partial charge in [0.25, 0.3) is 11.6 Å². The molecule has 3 aromatic rings. The van der Waals surface area contributed by atoms with Gasteiger partial charge < -0.3 is 10.2 Å². The fourth-order valence-electron chi connectivity index (χ4n) is 2.95. The van der Waals surface area contributed by atoms with Crippen molar-refractivity contribution >= 4 is 57.9 Å². The van der Waals surface area contributed by atoms with E-state index in [-0.39, 0.29) is 22.0 Å². The van der Waals surface area contributed by atoms with Crippen molar-refractivity contribution in [3.63, 3.8) is 0 Å². The van der Waals surface area contributed by atoms with Crippen LogP contribution in [0.25, 0.3) is 6.08 Å². The molecule has 0 unspecified atom stereocenters. The average Bonchev–Trinajstić information content (AvgIpc) is 2.79. The molecule has 3 aromatic carbocycles. The van der Waals surface area contributed by atoms with Crippen LogP contribution in [0, 0.1) is 21.4 Å². The Balaban J connectivity index is 1.93. The Bertz CT molecular complexity index is 1250. The number of carbonyl (C=O) groups is 1. The van der Waals surface area contributed by atoms with Crippen molar-refractivity contribution in [2.75, 3.05) is 17.3 Å². The lowest BCUT2D eigenvalue weighted by molar-refractivity contribution is -0.384. The Morgan fingerprint density at radius 2 is 1.84 bits per heavy atom. The summed E-state index contributed by atoms with van der Waals surface area (Å²) in [5.74, 6) is -0.718. The van der Waals surface area contributed by atoms with Gasteiger partial charge in [0.2, 0.25) is 0 Å². The number of carbonyl (C=O) groups excluding carboxylic acids is 1. The first kappa shape index (κ1) is 22.8. The molecule has 160 valence electrons. The van der Waals surface area contributed by atoms with Gasteiger partial charge in [-0.1, -0.05) is 47.5 Å². The molecule has 0 aliphatic carbocycles. The molecule has 0 fully saturated rings. The molecule has 1 amide bonds. The molecule has 32 heavy (non-hydrogen) atoms. The summed E-state index contributed by atoms with van der Waals surface area (Å²) in [5, 5.41) is 24.3. The number of nitro benzene ring substituents is 1. The summed E-state index contributed by atoms with van der Waals surface area (Å²) in [5.41, 5.74) is 1.29. The van der Waals surface area contributed by atoms with E-state index in [0.29, 0.717) is 16.3 Å². The summed E-state index contributed by atoms with van der Waals surface area (Å²) in [7, 11) is 1.72. The van der Waals surface area contributed by atoms with Crippen molar-refractivity contribution in [2.24, 2.45) is 0 Å². The summed E-state index contributed by atoms with van der Waals surface area (Å²) < 4.78 is 0. The van der Waals surface area contributed by atoms with Crippen molar-refractivity contribution in [2.45, 2.75) is 0 Å². The molecule has 0 spiro atoms. The van der Waals surface area contributed by atoms with E-state index in [9.17, 15) is 20.2 Å². The van der Waals surface area contributed by atoms with Crippen molar-refractivity contribution in [1.82, 2.24) is 0 Å². The summed E-state index contributed by atoms with van der Waals surface area (Å²) in [4.78, 5) is 25.4. The van der Waals surface area contributed by atoms with E-state index in [1.165, 1.54) is 24.3 Å². The van der Waals surface area contributed by atoms with Gasteiger partial charge in [0.15, 0.2) is 0 Å². The highest BCUT2D eigenvalue weighted by atomic mass is 35.5. The van der Waals surface area contributed by atoms with E-state index in [0.717, 1.165) is 5.69 Å². The Labute approximate surface area is 194 Å². The minimum atomic E-state index is -0.718. The van der Waals surface area contributed by atoms with Gasteiger partial charge in [-0.25, -0.2) is 0 Å². The number of hydrogen-bond donors (Lipinski definition) is 1. The first-order valence-corrected chi connectivity index (χ1v) is 10.0. The van der Waals surface area contributed by atoms with Crippen LogP contribution in [0.15, 0.2) is 72.3 Å². The lowest BCUT2D eigenvalue weighted by atomic mass is 10.1. The number of rotatable bonds is 6. The van der Waals surface area contributed by atoms with Crippen LogP contribution in [0.1, 0.15) is 5.56 Å². The van der Waals surface area contributed by atoms with E-state index in [1.54, 1.807) is 30.1 Å². The third kappa shape index (κ3) is 5.24. The highest BCUT2D eigenvalue weighted by molar-refractivity contribution is 6.36. The second-order valence-corrected chi connectivity index (χ2v) is 7.49. The van der Waals surface area contributed by atoms with Crippen LogP contribution in [0.4, 0.5) is 22.7 Å². The number of nitrogens with zero attached hydrogens (tertiary/aromatic N) is 3. The lowest BCUT2D eigenvalue weighted by Gasteiger charge is -2.19. The molecule has 1 N–H and O–H groups in total. The third-order valence-corrected chi connectivity index (χ3v) is 5.12. The van der Waals surface area contributed by atoms with Crippen LogP contribution in [-0.2, 0) is 4.79 Å². The summed E-state index contributed by atoms with van der Waals surface area (Å²) in [6, 6.07) is 20.0. The molecule has 0 aliphatic heterocycles. The molecule has 9 heteroatoms. The first-order chi connectivity index (χ1) is 15.3. The Morgan fingerprint density at radius 1 is 1.12 bits per heavy atom. The number of hydrogen-bond acceptors (Lipinski definition) is 5. The molecular formula is C23H16Cl2N4O3. The zero-order valence-electron chi connectivity index (χ0n) is 16.8. The minimum absolute atomic E-state index is 0.166. The molecule has 0 atom stereocenters. The van der Waals surface area contributed by atoms with E-state index < -0.39 is 10.8 Å². The molecule has 0 saturated heterocycles. The SMILES string of the molecule is CN(c1ccccc1)c1ccc(/C=C(\C#N)C(=O)Nc2cc(Cl)ccc2Cl)cc1[N+](=O)[O-]. The highest BCUT2D eigenvalue weighted by Crippen LogP contribution is 2.33. The maximum atomic E-state index is 12.5. The molecule has 0 aliphatic rings. The molecule has 0 aromatic heterocycles. The van der Waals surface area contributed by atoms with Gasteiger partial charge in [0.1, 0.15) is 17.3 Å². The number of amides is 1. The Morgan fingerprint density at radius 3 is 2.50 bits per heavy atom. The summed E-state index contributed by atoms with van der Waals surface area (Å²) >= 11 is 12.0. The molecule has 0 radical (unpaired) electrons. The van der Waals surface area contributed by atoms with Crippen molar-refractivity contribution in [3.8, 4) is 6.07 Å². The van der Waals surface area contributed by atoms with Crippen molar-refractivity contribution < 1.29 is 9.72 Å². The molecule has 7 nitrogen and oxygen atoms in total. The number of nitro groups is 1. The van der Waals surface area contributed by atoms with Crippen LogP contribution in [0.3, 0.4) is 0 Å². The van der Waals surface area contributed by atoms with E-state index in [1.807, 2.05) is 36.4 Å². The molecular weight excluding hydrogens is 451 g/mol. The van der Waals surface area contributed by atoms with Gasteiger partial charge in [0.05, 0.1) is 15.6 Å². The predicted molar refractivity (Wildman–Crippen MR) is 126 cm³/mol. The quantitative estimate of drug-likeness (QED) is 0.201. The fraction of sp³-hybridized carbons (Fsp3) is 0.0435. The predicted octanol–water partition coefficient (Wildman–Crippen LogP) is 6.22. The number of halogens is 2. The summed E-state index contributed by atoms with van der Waals surface area (Å²) in [6.07, 6.45) is 1.27. The number of nitriles is 1. The van der Waals surface area contributed by atoms with Gasteiger partial charge in [-0.05, 0) is 48.0 Å². The maximum Gasteiger partial charge on any atom is 0.293 e. The third-order valence-electron chi connectivity index (χ3n) is 4.55. The molecule has 0 saturated carbocycles. The Hall–Kier alpha value is -3.86.